The topological polar surface area (TPSA) is 59.1 Å². The van der Waals surface area contributed by atoms with Crippen LogP contribution in [-0.4, -0.2) is 16.7 Å². The molecular weight excluding hydrogens is 372 g/mol. The molecule has 1 heterocycles. The molecule has 0 bridgehead atoms. The summed E-state index contributed by atoms with van der Waals surface area (Å²) in [5.41, 5.74) is 4.83. The van der Waals surface area contributed by atoms with Crippen molar-refractivity contribution in [3.05, 3.63) is 77.5 Å². The second kappa shape index (κ2) is 6.63. The Morgan fingerprint density at radius 1 is 1.03 bits per heavy atom. The summed E-state index contributed by atoms with van der Waals surface area (Å²) in [7, 11) is 0. The van der Waals surface area contributed by atoms with Gasteiger partial charge in [-0.3, -0.25) is 9.59 Å². The zero-order valence-corrected chi connectivity index (χ0v) is 17.4. The van der Waals surface area contributed by atoms with Gasteiger partial charge in [0.25, 0.3) is 5.91 Å². The first kappa shape index (κ1) is 18.7. The van der Waals surface area contributed by atoms with Crippen molar-refractivity contribution in [2.75, 3.05) is 0 Å². The van der Waals surface area contributed by atoms with Crippen molar-refractivity contribution < 1.29 is 9.59 Å². The summed E-state index contributed by atoms with van der Waals surface area (Å²) < 4.78 is 0. The Balaban J connectivity index is 1.56. The maximum absolute atomic E-state index is 13.4. The maximum Gasteiger partial charge on any atom is 0.256 e. The summed E-state index contributed by atoms with van der Waals surface area (Å²) in [5.74, 6) is 0.590. The molecule has 1 N–H and O–H groups in total. The number of para-hydroxylation sites is 1. The third-order valence-electron chi connectivity index (χ3n) is 6.78. The van der Waals surface area contributed by atoms with E-state index in [1.54, 1.807) is 6.92 Å². The van der Waals surface area contributed by atoms with Gasteiger partial charge in [0.2, 0.25) is 0 Å². The summed E-state index contributed by atoms with van der Waals surface area (Å²) in [6.07, 6.45) is 0.757. The lowest BCUT2D eigenvalue weighted by Gasteiger charge is -2.16. The first-order valence-electron chi connectivity index (χ1n) is 10.4. The number of ketones is 1. The van der Waals surface area contributed by atoms with Crippen LogP contribution in [-0.2, 0) is 4.79 Å². The van der Waals surface area contributed by atoms with E-state index in [0.29, 0.717) is 11.5 Å². The fourth-order valence-electron chi connectivity index (χ4n) is 5.09. The molecular formula is C26H24N2O2. The van der Waals surface area contributed by atoms with Crippen molar-refractivity contribution in [2.45, 2.75) is 27.2 Å². The third kappa shape index (κ3) is 2.86. The van der Waals surface area contributed by atoms with Crippen LogP contribution in [0.3, 0.4) is 0 Å². The van der Waals surface area contributed by atoms with Crippen molar-refractivity contribution in [3.63, 3.8) is 0 Å². The monoisotopic (exact) mass is 396 g/mol. The Kier molecular flexibility index (Phi) is 4.14. The number of carbonyl (C=O) groups excluding carboxylic acids is 2. The van der Waals surface area contributed by atoms with Gasteiger partial charge in [0.05, 0.1) is 16.8 Å². The molecule has 2 aromatic carbocycles. The average molecular weight is 396 g/mol. The number of benzene rings is 2. The minimum absolute atomic E-state index is 0.0629. The van der Waals surface area contributed by atoms with Gasteiger partial charge < -0.3 is 5.32 Å². The SMILES string of the molecule is CC(=O)C1=C(NC(=O)c2cc(-c3ccccc3)nc3ccccc23)CC2C1C2(C)C. The number of rotatable bonds is 4. The Labute approximate surface area is 176 Å². The van der Waals surface area contributed by atoms with E-state index in [4.69, 9.17) is 4.98 Å². The van der Waals surface area contributed by atoms with Gasteiger partial charge in [-0.15, -0.1) is 0 Å². The Morgan fingerprint density at radius 3 is 2.47 bits per heavy atom. The van der Waals surface area contributed by atoms with Crippen molar-refractivity contribution in [1.82, 2.24) is 10.3 Å². The van der Waals surface area contributed by atoms with Crippen LogP contribution in [0.4, 0.5) is 0 Å². The molecule has 2 aliphatic rings. The zero-order valence-electron chi connectivity index (χ0n) is 17.4. The molecule has 0 saturated heterocycles. The lowest BCUT2D eigenvalue weighted by atomic mass is 9.96. The number of nitrogens with zero attached hydrogens (tertiary/aromatic N) is 1. The number of allylic oxidation sites excluding steroid dienone is 2. The van der Waals surface area contributed by atoms with Crippen molar-refractivity contribution >= 4 is 22.6 Å². The number of fused-ring (bicyclic) bond motifs is 2. The van der Waals surface area contributed by atoms with E-state index < -0.39 is 0 Å². The van der Waals surface area contributed by atoms with E-state index in [-0.39, 0.29) is 23.0 Å². The minimum Gasteiger partial charge on any atom is -0.325 e. The number of amides is 1. The summed E-state index contributed by atoms with van der Waals surface area (Å²) in [6.45, 7) is 6.01. The molecule has 0 spiro atoms. The molecule has 0 radical (unpaired) electrons. The number of hydrogen-bond acceptors (Lipinski definition) is 3. The molecule has 1 aromatic heterocycles. The standard InChI is InChI=1S/C26H24N2O2/c1-15(29)23-22(14-19-24(23)26(19,2)3)28-25(30)18-13-21(16-9-5-4-6-10-16)27-20-12-8-7-11-17(18)20/h4-13,19,24H,14H2,1-3H3,(H,28,30). The second-order valence-electron chi connectivity index (χ2n) is 8.95. The molecule has 0 aliphatic heterocycles. The predicted molar refractivity (Wildman–Crippen MR) is 118 cm³/mol. The largest absolute Gasteiger partial charge is 0.325 e. The van der Waals surface area contributed by atoms with Crippen LogP contribution in [0.1, 0.15) is 37.6 Å². The highest BCUT2D eigenvalue weighted by Gasteiger charge is 2.64. The van der Waals surface area contributed by atoms with Crippen molar-refractivity contribution in [3.8, 4) is 11.3 Å². The van der Waals surface area contributed by atoms with E-state index in [0.717, 1.165) is 39.9 Å². The van der Waals surface area contributed by atoms with Crippen LogP contribution < -0.4 is 5.32 Å². The summed E-state index contributed by atoms with van der Waals surface area (Å²) >= 11 is 0. The van der Waals surface area contributed by atoms with E-state index in [2.05, 4.69) is 19.2 Å². The predicted octanol–water partition coefficient (Wildman–Crippen LogP) is 5.15. The van der Waals surface area contributed by atoms with Gasteiger partial charge in [0.15, 0.2) is 5.78 Å². The van der Waals surface area contributed by atoms with Crippen LogP contribution in [0.15, 0.2) is 71.9 Å². The van der Waals surface area contributed by atoms with Crippen molar-refractivity contribution in [2.24, 2.45) is 17.3 Å². The smallest absolute Gasteiger partial charge is 0.256 e. The average Bonchev–Trinajstić information content (AvgIpc) is 3.08. The van der Waals surface area contributed by atoms with E-state index >= 15 is 0 Å². The molecule has 150 valence electrons. The molecule has 30 heavy (non-hydrogen) atoms. The van der Waals surface area contributed by atoms with E-state index in [1.807, 2.05) is 60.7 Å². The van der Waals surface area contributed by atoms with Gasteiger partial charge in [0.1, 0.15) is 0 Å². The molecule has 2 unspecified atom stereocenters. The zero-order chi connectivity index (χ0) is 21.0. The Morgan fingerprint density at radius 2 is 1.73 bits per heavy atom. The third-order valence-corrected chi connectivity index (χ3v) is 6.78. The molecule has 2 atom stereocenters. The summed E-state index contributed by atoms with van der Waals surface area (Å²) in [6, 6.07) is 19.4. The number of nitrogens with one attached hydrogen (secondary N) is 1. The van der Waals surface area contributed by atoms with Crippen LogP contribution >= 0.6 is 0 Å². The van der Waals surface area contributed by atoms with Gasteiger partial charge in [-0.1, -0.05) is 62.4 Å². The molecule has 5 rings (SSSR count). The fraction of sp³-hybridized carbons (Fsp3) is 0.269. The van der Waals surface area contributed by atoms with Crippen LogP contribution in [0.2, 0.25) is 0 Å². The second-order valence-corrected chi connectivity index (χ2v) is 8.95. The number of aromatic nitrogens is 1. The highest BCUT2D eigenvalue weighted by Crippen LogP contribution is 2.68. The number of carbonyl (C=O) groups is 2. The first-order valence-corrected chi connectivity index (χ1v) is 10.4. The van der Waals surface area contributed by atoms with Crippen LogP contribution in [0.5, 0.6) is 0 Å². The molecule has 4 heteroatoms. The highest BCUT2D eigenvalue weighted by atomic mass is 16.2. The van der Waals surface area contributed by atoms with Gasteiger partial charge in [-0.05, 0) is 42.7 Å². The molecule has 2 aliphatic carbocycles. The van der Waals surface area contributed by atoms with E-state index in [1.165, 1.54) is 0 Å². The van der Waals surface area contributed by atoms with Gasteiger partial charge in [0, 0.05) is 22.2 Å². The number of pyridine rings is 1. The quantitative estimate of drug-likeness (QED) is 0.663. The lowest BCUT2D eigenvalue weighted by Crippen LogP contribution is -2.26. The first-order chi connectivity index (χ1) is 14.4. The molecule has 4 nitrogen and oxygen atoms in total. The van der Waals surface area contributed by atoms with Crippen LogP contribution in [0, 0.1) is 17.3 Å². The highest BCUT2D eigenvalue weighted by molar-refractivity contribution is 6.08. The fourth-order valence-corrected chi connectivity index (χ4v) is 5.09. The van der Waals surface area contributed by atoms with Gasteiger partial charge in [-0.2, -0.15) is 0 Å². The molecule has 1 amide bonds. The summed E-state index contributed by atoms with van der Waals surface area (Å²) in [4.78, 5) is 30.5. The molecule has 1 fully saturated rings. The van der Waals surface area contributed by atoms with Gasteiger partial charge in [-0.25, -0.2) is 4.98 Å². The minimum atomic E-state index is -0.182. The van der Waals surface area contributed by atoms with E-state index in [9.17, 15) is 9.59 Å². The Hall–Kier alpha value is -3.27. The maximum atomic E-state index is 13.4. The number of Topliss-reactive ketones (excluding diaryl/α,β-unsaturated/α-hetero) is 1. The normalized spacial score (nSPS) is 21.4. The van der Waals surface area contributed by atoms with Crippen molar-refractivity contribution in [1.29, 1.82) is 0 Å². The number of hydrogen-bond donors (Lipinski definition) is 1. The van der Waals surface area contributed by atoms with Crippen LogP contribution in [0.25, 0.3) is 22.2 Å². The molecule has 3 aromatic rings. The molecule has 1 saturated carbocycles. The van der Waals surface area contributed by atoms with Gasteiger partial charge >= 0.3 is 0 Å². The Bertz CT molecular complexity index is 1220. The summed E-state index contributed by atoms with van der Waals surface area (Å²) in [5, 5.41) is 3.90. The lowest BCUT2D eigenvalue weighted by molar-refractivity contribution is -0.114.